The molecule has 1 aliphatic heterocycles. The number of alkyl halides is 1. The van der Waals surface area contributed by atoms with E-state index in [9.17, 15) is 4.79 Å². The molecule has 2 aliphatic rings. The first-order valence-electron chi connectivity index (χ1n) is 7.49. The standard InChI is InChI=1S/C15H26ClNO2/c1-9-10(2)19-11(3)14(9)15(18)17(4)13-8-6-5-7-12(13)16/h9-14H,5-8H2,1-4H3. The summed E-state index contributed by atoms with van der Waals surface area (Å²) in [6, 6.07) is 0.193. The maximum absolute atomic E-state index is 12.7. The maximum Gasteiger partial charge on any atom is 0.228 e. The molecule has 0 aromatic heterocycles. The van der Waals surface area contributed by atoms with E-state index in [0.29, 0.717) is 0 Å². The Morgan fingerprint density at radius 3 is 2.32 bits per heavy atom. The summed E-state index contributed by atoms with van der Waals surface area (Å²) < 4.78 is 5.79. The summed E-state index contributed by atoms with van der Waals surface area (Å²) >= 11 is 6.40. The predicted octanol–water partition coefficient (Wildman–Crippen LogP) is 3.05. The zero-order valence-electron chi connectivity index (χ0n) is 12.4. The van der Waals surface area contributed by atoms with Gasteiger partial charge in [0.05, 0.1) is 23.5 Å². The Morgan fingerprint density at radius 2 is 1.79 bits per heavy atom. The zero-order valence-corrected chi connectivity index (χ0v) is 13.2. The van der Waals surface area contributed by atoms with Crippen molar-refractivity contribution in [2.24, 2.45) is 11.8 Å². The van der Waals surface area contributed by atoms with Gasteiger partial charge in [-0.15, -0.1) is 11.6 Å². The highest BCUT2D eigenvalue weighted by atomic mass is 35.5. The van der Waals surface area contributed by atoms with E-state index in [4.69, 9.17) is 16.3 Å². The van der Waals surface area contributed by atoms with E-state index in [2.05, 4.69) is 13.8 Å². The van der Waals surface area contributed by atoms with Crippen molar-refractivity contribution >= 4 is 17.5 Å². The molecule has 0 bridgehead atoms. The normalized spacial score (nSPS) is 43.2. The van der Waals surface area contributed by atoms with Gasteiger partial charge in [-0.25, -0.2) is 0 Å². The zero-order chi connectivity index (χ0) is 14.2. The molecule has 2 rings (SSSR count). The Morgan fingerprint density at radius 1 is 1.16 bits per heavy atom. The fourth-order valence-corrected chi connectivity index (χ4v) is 4.04. The number of carbonyl (C=O) groups is 1. The summed E-state index contributed by atoms with van der Waals surface area (Å²) in [6.07, 6.45) is 4.58. The quantitative estimate of drug-likeness (QED) is 0.731. The fraction of sp³-hybridized carbons (Fsp3) is 0.933. The van der Waals surface area contributed by atoms with Crippen LogP contribution in [0.4, 0.5) is 0 Å². The minimum absolute atomic E-state index is 0.0114. The maximum atomic E-state index is 12.7. The monoisotopic (exact) mass is 287 g/mol. The number of amides is 1. The summed E-state index contributed by atoms with van der Waals surface area (Å²) in [7, 11) is 1.91. The number of halogens is 1. The molecule has 6 unspecified atom stereocenters. The lowest BCUT2D eigenvalue weighted by molar-refractivity contribution is -0.139. The summed E-state index contributed by atoms with van der Waals surface area (Å²) in [4.78, 5) is 14.6. The molecule has 0 aromatic rings. The second-order valence-corrected chi connectivity index (χ2v) is 6.81. The van der Waals surface area contributed by atoms with Crippen LogP contribution in [-0.4, -0.2) is 41.5 Å². The van der Waals surface area contributed by atoms with Crippen LogP contribution in [0.2, 0.25) is 0 Å². The molecular weight excluding hydrogens is 262 g/mol. The van der Waals surface area contributed by atoms with Crippen LogP contribution in [0.3, 0.4) is 0 Å². The lowest BCUT2D eigenvalue weighted by atomic mass is 9.86. The minimum atomic E-state index is -0.0224. The Bertz CT molecular complexity index is 336. The number of rotatable bonds is 2. The van der Waals surface area contributed by atoms with Gasteiger partial charge in [-0.1, -0.05) is 19.8 Å². The average Bonchev–Trinajstić information content (AvgIpc) is 2.62. The SMILES string of the molecule is CC1OC(C)C(C(=O)N(C)C2CCCCC2Cl)C1C. The van der Waals surface area contributed by atoms with Gasteiger partial charge in [-0.3, -0.25) is 4.79 Å². The molecule has 1 saturated carbocycles. The molecule has 1 aliphatic carbocycles. The van der Waals surface area contributed by atoms with Crippen LogP contribution in [0.5, 0.6) is 0 Å². The molecule has 1 saturated heterocycles. The number of hydrogen-bond donors (Lipinski definition) is 0. The van der Waals surface area contributed by atoms with E-state index in [1.807, 2.05) is 18.9 Å². The van der Waals surface area contributed by atoms with Crippen LogP contribution in [-0.2, 0) is 9.53 Å². The molecule has 1 amide bonds. The van der Waals surface area contributed by atoms with E-state index < -0.39 is 0 Å². The second-order valence-electron chi connectivity index (χ2n) is 6.25. The van der Waals surface area contributed by atoms with Gasteiger partial charge in [-0.2, -0.15) is 0 Å². The van der Waals surface area contributed by atoms with Crippen LogP contribution in [0.15, 0.2) is 0 Å². The molecule has 2 fully saturated rings. The molecule has 110 valence electrons. The van der Waals surface area contributed by atoms with Gasteiger partial charge in [-0.05, 0) is 32.6 Å². The summed E-state index contributed by atoms with van der Waals surface area (Å²) in [5.41, 5.74) is 0. The van der Waals surface area contributed by atoms with E-state index in [1.54, 1.807) is 0 Å². The van der Waals surface area contributed by atoms with Crippen molar-refractivity contribution in [2.45, 2.75) is 70.1 Å². The smallest absolute Gasteiger partial charge is 0.228 e. The van der Waals surface area contributed by atoms with Gasteiger partial charge in [0.2, 0.25) is 5.91 Å². The highest BCUT2D eigenvalue weighted by Crippen LogP contribution is 2.35. The van der Waals surface area contributed by atoms with E-state index in [1.165, 1.54) is 12.8 Å². The van der Waals surface area contributed by atoms with Gasteiger partial charge in [0.1, 0.15) is 0 Å². The van der Waals surface area contributed by atoms with Crippen LogP contribution in [0, 0.1) is 11.8 Å². The largest absolute Gasteiger partial charge is 0.374 e. The first-order valence-corrected chi connectivity index (χ1v) is 7.93. The first kappa shape index (κ1) is 15.1. The molecule has 6 atom stereocenters. The molecule has 0 N–H and O–H groups in total. The van der Waals surface area contributed by atoms with Gasteiger partial charge in [0.15, 0.2) is 0 Å². The van der Waals surface area contributed by atoms with Crippen LogP contribution < -0.4 is 0 Å². The van der Waals surface area contributed by atoms with E-state index in [-0.39, 0.29) is 41.4 Å². The minimum Gasteiger partial charge on any atom is -0.374 e. The molecule has 3 nitrogen and oxygen atoms in total. The van der Waals surface area contributed by atoms with Crippen LogP contribution >= 0.6 is 11.6 Å². The molecular formula is C15H26ClNO2. The molecule has 1 heterocycles. The summed E-state index contributed by atoms with van der Waals surface area (Å²) in [5, 5.41) is 0.105. The van der Waals surface area contributed by atoms with Crippen LogP contribution in [0.1, 0.15) is 46.5 Å². The topological polar surface area (TPSA) is 29.5 Å². The molecule has 0 radical (unpaired) electrons. The Labute approximate surface area is 121 Å². The van der Waals surface area contributed by atoms with Crippen molar-refractivity contribution in [3.8, 4) is 0 Å². The van der Waals surface area contributed by atoms with Gasteiger partial charge in [0.25, 0.3) is 0 Å². The summed E-state index contributed by atoms with van der Waals surface area (Å²) in [6.45, 7) is 6.18. The second kappa shape index (κ2) is 6.01. The number of nitrogens with zero attached hydrogens (tertiary/aromatic N) is 1. The number of hydrogen-bond acceptors (Lipinski definition) is 2. The fourth-order valence-electron chi connectivity index (χ4n) is 3.59. The lowest BCUT2D eigenvalue weighted by Gasteiger charge is -2.37. The number of ether oxygens (including phenoxy) is 1. The Hall–Kier alpha value is -0.280. The third-order valence-corrected chi connectivity index (χ3v) is 5.53. The average molecular weight is 288 g/mol. The Kier molecular flexibility index (Phi) is 4.78. The molecule has 0 aromatic carbocycles. The van der Waals surface area contributed by atoms with E-state index in [0.717, 1.165) is 12.8 Å². The van der Waals surface area contributed by atoms with Gasteiger partial charge < -0.3 is 9.64 Å². The van der Waals surface area contributed by atoms with Gasteiger partial charge in [0, 0.05) is 13.1 Å². The highest BCUT2D eigenvalue weighted by molar-refractivity contribution is 6.21. The van der Waals surface area contributed by atoms with Crippen LogP contribution in [0.25, 0.3) is 0 Å². The van der Waals surface area contributed by atoms with Gasteiger partial charge >= 0.3 is 0 Å². The summed E-state index contributed by atoms with van der Waals surface area (Å²) in [5.74, 6) is 0.468. The molecule has 0 spiro atoms. The predicted molar refractivity (Wildman–Crippen MR) is 77.3 cm³/mol. The van der Waals surface area contributed by atoms with Crippen molar-refractivity contribution in [3.63, 3.8) is 0 Å². The lowest BCUT2D eigenvalue weighted by Crippen LogP contribution is -2.48. The van der Waals surface area contributed by atoms with Crippen molar-refractivity contribution in [2.75, 3.05) is 7.05 Å². The third-order valence-electron chi connectivity index (χ3n) is 5.02. The third kappa shape index (κ3) is 2.92. The highest BCUT2D eigenvalue weighted by Gasteiger charge is 2.44. The number of carbonyl (C=O) groups excluding carboxylic acids is 1. The first-order chi connectivity index (χ1) is 8.93. The van der Waals surface area contributed by atoms with E-state index >= 15 is 0 Å². The van der Waals surface area contributed by atoms with Crippen molar-refractivity contribution < 1.29 is 9.53 Å². The molecule has 4 heteroatoms. The van der Waals surface area contributed by atoms with Crippen molar-refractivity contribution in [1.29, 1.82) is 0 Å². The Balaban J connectivity index is 2.06. The molecule has 19 heavy (non-hydrogen) atoms. The van der Waals surface area contributed by atoms with Crippen molar-refractivity contribution in [1.82, 2.24) is 4.90 Å². The van der Waals surface area contributed by atoms with Crippen molar-refractivity contribution in [3.05, 3.63) is 0 Å².